The van der Waals surface area contributed by atoms with Crippen LogP contribution in [0.25, 0.3) is 0 Å². The van der Waals surface area contributed by atoms with E-state index in [1.165, 1.54) is 16.7 Å². The third kappa shape index (κ3) is 2.00. The van der Waals surface area contributed by atoms with Crippen LogP contribution in [0.4, 0.5) is 0 Å². The molecule has 0 spiro atoms. The second kappa shape index (κ2) is 4.23. The van der Waals surface area contributed by atoms with E-state index in [0.29, 0.717) is 5.92 Å². The number of hydrogen-bond donors (Lipinski definition) is 1. The van der Waals surface area contributed by atoms with Crippen LogP contribution in [0.15, 0.2) is 12.1 Å². The molecule has 1 aliphatic rings. The zero-order valence-corrected chi connectivity index (χ0v) is 9.76. The first-order valence-electron chi connectivity index (χ1n) is 5.66. The lowest BCUT2D eigenvalue weighted by atomic mass is 9.96. The van der Waals surface area contributed by atoms with Gasteiger partial charge in [-0.05, 0) is 24.0 Å². The van der Waals surface area contributed by atoms with Gasteiger partial charge < -0.3 is 10.1 Å². The molecule has 15 heavy (non-hydrogen) atoms. The zero-order valence-electron chi connectivity index (χ0n) is 9.76. The topological polar surface area (TPSA) is 21.3 Å². The molecule has 82 valence electrons. The van der Waals surface area contributed by atoms with Gasteiger partial charge in [-0.1, -0.05) is 26.0 Å². The van der Waals surface area contributed by atoms with Gasteiger partial charge in [-0.2, -0.15) is 0 Å². The molecule has 0 bridgehead atoms. The molecule has 0 saturated carbocycles. The Labute approximate surface area is 91.6 Å². The summed E-state index contributed by atoms with van der Waals surface area (Å²) in [6, 6.07) is 4.40. The molecule has 0 fully saturated rings. The van der Waals surface area contributed by atoms with Crippen molar-refractivity contribution in [3.05, 3.63) is 28.8 Å². The Balaban J connectivity index is 2.51. The molecule has 0 unspecified atom stereocenters. The van der Waals surface area contributed by atoms with E-state index < -0.39 is 0 Å². The minimum absolute atomic E-state index is 0.525. The molecule has 2 rings (SSSR count). The van der Waals surface area contributed by atoms with Crippen molar-refractivity contribution in [2.45, 2.75) is 33.2 Å². The smallest absolute Gasteiger partial charge is 0.127 e. The van der Waals surface area contributed by atoms with Crippen molar-refractivity contribution < 1.29 is 4.74 Å². The Hall–Kier alpha value is -1.02. The SMILES string of the molecule is Cc1ccc(C(C)C)c2c1CNCCO2. The van der Waals surface area contributed by atoms with E-state index in [0.717, 1.165) is 25.4 Å². The van der Waals surface area contributed by atoms with Gasteiger partial charge in [0.15, 0.2) is 0 Å². The number of benzene rings is 1. The first-order valence-corrected chi connectivity index (χ1v) is 5.66. The molecule has 1 aromatic rings. The van der Waals surface area contributed by atoms with E-state index >= 15 is 0 Å². The molecule has 0 aromatic heterocycles. The normalized spacial score (nSPS) is 15.7. The summed E-state index contributed by atoms with van der Waals surface area (Å²) in [5.74, 6) is 1.65. The number of aryl methyl sites for hydroxylation is 1. The largest absolute Gasteiger partial charge is 0.492 e. The van der Waals surface area contributed by atoms with Crippen LogP contribution < -0.4 is 10.1 Å². The van der Waals surface area contributed by atoms with E-state index in [9.17, 15) is 0 Å². The van der Waals surface area contributed by atoms with E-state index in [1.54, 1.807) is 0 Å². The van der Waals surface area contributed by atoms with Crippen LogP contribution in [0.1, 0.15) is 36.5 Å². The van der Waals surface area contributed by atoms with Gasteiger partial charge in [-0.3, -0.25) is 0 Å². The van der Waals surface area contributed by atoms with Gasteiger partial charge in [0, 0.05) is 18.7 Å². The molecular formula is C13H19NO. The van der Waals surface area contributed by atoms with Crippen molar-refractivity contribution >= 4 is 0 Å². The summed E-state index contributed by atoms with van der Waals surface area (Å²) in [6.07, 6.45) is 0. The highest BCUT2D eigenvalue weighted by Gasteiger charge is 2.16. The molecule has 2 nitrogen and oxygen atoms in total. The first kappa shape index (κ1) is 10.5. The average Bonchev–Trinajstić information content (AvgIpc) is 2.43. The summed E-state index contributed by atoms with van der Waals surface area (Å²) in [5.41, 5.74) is 3.99. The predicted octanol–water partition coefficient (Wildman–Crippen LogP) is 2.60. The fourth-order valence-corrected chi connectivity index (χ4v) is 2.03. The lowest BCUT2D eigenvalue weighted by Gasteiger charge is -2.17. The number of nitrogens with one attached hydrogen (secondary N) is 1. The molecule has 0 aliphatic carbocycles. The maximum absolute atomic E-state index is 5.86. The van der Waals surface area contributed by atoms with Crippen molar-refractivity contribution in [2.75, 3.05) is 13.2 Å². The van der Waals surface area contributed by atoms with Gasteiger partial charge in [-0.15, -0.1) is 0 Å². The monoisotopic (exact) mass is 205 g/mol. The molecule has 1 heterocycles. The molecule has 1 aromatic carbocycles. The summed E-state index contributed by atoms with van der Waals surface area (Å²) in [5, 5.41) is 3.39. The lowest BCUT2D eigenvalue weighted by molar-refractivity contribution is 0.321. The van der Waals surface area contributed by atoms with E-state index in [-0.39, 0.29) is 0 Å². The van der Waals surface area contributed by atoms with Gasteiger partial charge in [0.1, 0.15) is 12.4 Å². The number of fused-ring (bicyclic) bond motifs is 1. The zero-order chi connectivity index (χ0) is 10.8. The Kier molecular flexibility index (Phi) is 2.96. The van der Waals surface area contributed by atoms with Crippen LogP contribution in [-0.2, 0) is 6.54 Å². The molecule has 0 amide bonds. The Morgan fingerprint density at radius 2 is 2.13 bits per heavy atom. The van der Waals surface area contributed by atoms with Crippen molar-refractivity contribution in [1.29, 1.82) is 0 Å². The van der Waals surface area contributed by atoms with Crippen molar-refractivity contribution in [3.63, 3.8) is 0 Å². The molecule has 0 atom stereocenters. The third-order valence-corrected chi connectivity index (χ3v) is 2.97. The molecule has 2 heteroatoms. The predicted molar refractivity (Wildman–Crippen MR) is 62.5 cm³/mol. The van der Waals surface area contributed by atoms with Gasteiger partial charge in [0.05, 0.1) is 0 Å². The first-order chi connectivity index (χ1) is 7.20. The molecular weight excluding hydrogens is 186 g/mol. The maximum Gasteiger partial charge on any atom is 0.127 e. The van der Waals surface area contributed by atoms with E-state index in [1.807, 2.05) is 0 Å². The Bertz CT molecular complexity index is 358. The molecule has 1 aliphatic heterocycles. The number of hydrogen-bond acceptors (Lipinski definition) is 2. The van der Waals surface area contributed by atoms with Crippen LogP contribution in [-0.4, -0.2) is 13.2 Å². The van der Waals surface area contributed by atoms with Gasteiger partial charge in [-0.25, -0.2) is 0 Å². The van der Waals surface area contributed by atoms with E-state index in [2.05, 4.69) is 38.2 Å². The summed E-state index contributed by atoms with van der Waals surface area (Å²) in [6.45, 7) is 9.22. The third-order valence-electron chi connectivity index (χ3n) is 2.97. The molecule has 0 saturated heterocycles. The minimum Gasteiger partial charge on any atom is -0.492 e. The summed E-state index contributed by atoms with van der Waals surface area (Å²) in [7, 11) is 0. The summed E-state index contributed by atoms with van der Waals surface area (Å²) >= 11 is 0. The fourth-order valence-electron chi connectivity index (χ4n) is 2.03. The average molecular weight is 205 g/mol. The van der Waals surface area contributed by atoms with Crippen LogP contribution in [0.5, 0.6) is 5.75 Å². The van der Waals surface area contributed by atoms with Crippen LogP contribution in [0.2, 0.25) is 0 Å². The second-order valence-electron chi connectivity index (χ2n) is 4.46. The van der Waals surface area contributed by atoms with Crippen LogP contribution >= 0.6 is 0 Å². The molecule has 1 N–H and O–H groups in total. The minimum atomic E-state index is 0.525. The summed E-state index contributed by atoms with van der Waals surface area (Å²) in [4.78, 5) is 0. The lowest BCUT2D eigenvalue weighted by Crippen LogP contribution is -2.16. The fraction of sp³-hybridized carbons (Fsp3) is 0.538. The van der Waals surface area contributed by atoms with Crippen LogP contribution in [0, 0.1) is 6.92 Å². The van der Waals surface area contributed by atoms with E-state index in [4.69, 9.17) is 4.74 Å². The quantitative estimate of drug-likeness (QED) is 0.761. The van der Waals surface area contributed by atoms with Gasteiger partial charge in [0.2, 0.25) is 0 Å². The highest BCUT2D eigenvalue weighted by molar-refractivity contribution is 5.47. The van der Waals surface area contributed by atoms with Crippen LogP contribution in [0.3, 0.4) is 0 Å². The highest BCUT2D eigenvalue weighted by Crippen LogP contribution is 2.33. The van der Waals surface area contributed by atoms with Gasteiger partial charge in [0.25, 0.3) is 0 Å². The van der Waals surface area contributed by atoms with Crippen molar-refractivity contribution in [1.82, 2.24) is 5.32 Å². The highest BCUT2D eigenvalue weighted by atomic mass is 16.5. The van der Waals surface area contributed by atoms with Crippen molar-refractivity contribution in [2.24, 2.45) is 0 Å². The number of rotatable bonds is 1. The van der Waals surface area contributed by atoms with Crippen molar-refractivity contribution in [3.8, 4) is 5.75 Å². The number of ether oxygens (including phenoxy) is 1. The summed E-state index contributed by atoms with van der Waals surface area (Å²) < 4.78 is 5.86. The standard InChI is InChI=1S/C13H19NO/c1-9(2)11-5-4-10(3)12-8-14-6-7-15-13(11)12/h4-5,9,14H,6-8H2,1-3H3. The maximum atomic E-state index is 5.86. The second-order valence-corrected chi connectivity index (χ2v) is 4.46. The Morgan fingerprint density at radius 3 is 2.87 bits per heavy atom. The van der Waals surface area contributed by atoms with Gasteiger partial charge >= 0.3 is 0 Å². The Morgan fingerprint density at radius 1 is 1.33 bits per heavy atom. The molecule has 0 radical (unpaired) electrons.